The molecule has 0 radical (unpaired) electrons. The number of rotatable bonds is 14. The van der Waals surface area contributed by atoms with Crippen LogP contribution in [-0.4, -0.2) is 36.1 Å². The Morgan fingerprint density at radius 2 is 0.625 bits per heavy atom. The van der Waals surface area contributed by atoms with Gasteiger partial charge in [0.1, 0.15) is 0 Å². The second kappa shape index (κ2) is 22.9. The molecule has 0 atom stereocenters. The van der Waals surface area contributed by atoms with Crippen molar-refractivity contribution in [1.82, 2.24) is 9.97 Å². The first kappa shape index (κ1) is 41.0. The van der Waals surface area contributed by atoms with E-state index in [1.165, 1.54) is 62.7 Å². The number of aromatic nitrogens is 2. The van der Waals surface area contributed by atoms with E-state index in [0.29, 0.717) is 0 Å². The van der Waals surface area contributed by atoms with Crippen LogP contribution in [0.25, 0.3) is 0 Å². The second-order valence-electron chi connectivity index (χ2n) is 13.9. The van der Waals surface area contributed by atoms with Crippen LogP contribution in [0, 0.1) is 47.4 Å². The van der Waals surface area contributed by atoms with E-state index in [1.807, 2.05) is 36.4 Å². The van der Waals surface area contributed by atoms with E-state index in [0.717, 1.165) is 70.7 Å². The van der Waals surface area contributed by atoms with Crippen LogP contribution in [0.4, 0.5) is 11.4 Å². The van der Waals surface area contributed by atoms with Gasteiger partial charge < -0.3 is 9.80 Å². The molecule has 4 nitrogen and oxygen atoms in total. The third kappa shape index (κ3) is 13.0. The summed E-state index contributed by atoms with van der Waals surface area (Å²) in [6.07, 6.45) is 16.5. The summed E-state index contributed by atoms with van der Waals surface area (Å²) in [5, 5.41) is 0. The highest BCUT2D eigenvalue weighted by molar-refractivity contribution is 5.65. The highest BCUT2D eigenvalue weighted by atomic mass is 15.1. The van der Waals surface area contributed by atoms with Crippen molar-refractivity contribution in [2.24, 2.45) is 0 Å². The number of benzene rings is 3. The minimum atomic E-state index is 0.799. The first-order valence-corrected chi connectivity index (χ1v) is 20.4. The summed E-state index contributed by atoms with van der Waals surface area (Å²) >= 11 is 0. The fraction of sp³-hybridized carbons (Fsp3) is 0.308. The summed E-state index contributed by atoms with van der Waals surface area (Å²) in [5.74, 6) is 27.2. The molecule has 2 aromatic heterocycles. The molecule has 0 fully saturated rings. The van der Waals surface area contributed by atoms with E-state index in [2.05, 4.69) is 143 Å². The molecule has 0 saturated carbocycles. The summed E-state index contributed by atoms with van der Waals surface area (Å²) in [5.41, 5.74) is 9.36. The topological polar surface area (TPSA) is 32.3 Å². The molecular formula is C52H54N4. The first-order valence-electron chi connectivity index (χ1n) is 20.4. The van der Waals surface area contributed by atoms with E-state index in [9.17, 15) is 0 Å². The summed E-state index contributed by atoms with van der Waals surface area (Å²) in [6.45, 7) is 13.3. The predicted octanol–water partition coefficient (Wildman–Crippen LogP) is 10.9. The van der Waals surface area contributed by atoms with Gasteiger partial charge in [0.25, 0.3) is 0 Å². The molecule has 56 heavy (non-hydrogen) atoms. The van der Waals surface area contributed by atoms with Crippen LogP contribution in [0.5, 0.6) is 0 Å². The molecular weight excluding hydrogens is 681 g/mol. The molecule has 0 spiro atoms. The van der Waals surface area contributed by atoms with Crippen LogP contribution in [0.2, 0.25) is 0 Å². The van der Waals surface area contributed by atoms with Crippen molar-refractivity contribution in [3.63, 3.8) is 0 Å². The van der Waals surface area contributed by atoms with Crippen molar-refractivity contribution in [1.29, 1.82) is 0 Å². The fourth-order valence-electron chi connectivity index (χ4n) is 6.09. The Labute approximate surface area is 336 Å². The van der Waals surface area contributed by atoms with Gasteiger partial charge in [-0.3, -0.25) is 9.97 Å². The van der Waals surface area contributed by atoms with Gasteiger partial charge in [-0.15, -0.1) is 0 Å². The van der Waals surface area contributed by atoms with Crippen LogP contribution in [-0.2, 0) is 0 Å². The minimum absolute atomic E-state index is 0.799. The zero-order valence-electron chi connectivity index (χ0n) is 33.7. The van der Waals surface area contributed by atoms with E-state index in [-0.39, 0.29) is 0 Å². The lowest BCUT2D eigenvalue weighted by atomic mass is 9.97. The third-order valence-electron chi connectivity index (χ3n) is 9.48. The fourth-order valence-corrected chi connectivity index (χ4v) is 6.09. The van der Waals surface area contributed by atoms with Gasteiger partial charge in [0, 0.05) is 107 Å². The molecule has 4 heteroatoms. The molecule has 3 aromatic carbocycles. The van der Waals surface area contributed by atoms with Crippen molar-refractivity contribution in [2.75, 3.05) is 36.0 Å². The number of nitrogens with zero attached hydrogens (tertiary/aromatic N) is 4. The van der Waals surface area contributed by atoms with E-state index >= 15 is 0 Å². The Hall–Kier alpha value is -6.20. The molecule has 5 aromatic rings. The summed E-state index contributed by atoms with van der Waals surface area (Å²) in [4.78, 5) is 13.3. The lowest BCUT2D eigenvalue weighted by Gasteiger charge is -2.24. The Kier molecular flexibility index (Phi) is 16.7. The maximum absolute atomic E-state index is 4.16. The summed E-state index contributed by atoms with van der Waals surface area (Å²) in [7, 11) is 0. The number of hydrogen-bond acceptors (Lipinski definition) is 4. The largest absolute Gasteiger partial charge is 0.372 e. The zero-order valence-corrected chi connectivity index (χ0v) is 33.7. The number of pyridine rings is 2. The van der Waals surface area contributed by atoms with Gasteiger partial charge in [-0.2, -0.15) is 0 Å². The van der Waals surface area contributed by atoms with Crippen LogP contribution in [0.3, 0.4) is 0 Å². The van der Waals surface area contributed by atoms with Gasteiger partial charge in [-0.1, -0.05) is 101 Å². The summed E-state index contributed by atoms with van der Waals surface area (Å²) < 4.78 is 0. The Bertz CT molecular complexity index is 2030. The standard InChI is InChI=1S/C52H54N4/c1-5-9-37-55(38-10-6-2)51-25-17-43(18-26-51)13-21-47-41-50(24-16-46-31-35-54-36-32-46)48(42-49(47)23-15-45-29-33-53-34-30-45)22-14-44-19-27-52(28-20-44)56(39-11-7-3)40-12-8-4/h17-20,25-36,41-42H,5-12,37-40H2,1-4H3. The predicted molar refractivity (Wildman–Crippen MR) is 236 cm³/mol. The molecule has 282 valence electrons. The van der Waals surface area contributed by atoms with Gasteiger partial charge in [-0.05, 0) is 111 Å². The van der Waals surface area contributed by atoms with E-state index < -0.39 is 0 Å². The van der Waals surface area contributed by atoms with Gasteiger partial charge >= 0.3 is 0 Å². The highest BCUT2D eigenvalue weighted by Gasteiger charge is 2.09. The lowest BCUT2D eigenvalue weighted by Crippen LogP contribution is -2.25. The molecule has 0 bridgehead atoms. The van der Waals surface area contributed by atoms with Crippen LogP contribution >= 0.6 is 0 Å². The quantitative estimate of drug-likeness (QED) is 0.106. The molecule has 5 rings (SSSR count). The Morgan fingerprint density at radius 1 is 0.357 bits per heavy atom. The number of anilines is 2. The maximum atomic E-state index is 4.16. The molecule has 0 aliphatic rings. The monoisotopic (exact) mass is 734 g/mol. The van der Waals surface area contributed by atoms with Crippen molar-refractivity contribution < 1.29 is 0 Å². The minimum Gasteiger partial charge on any atom is -0.372 e. The van der Waals surface area contributed by atoms with Crippen molar-refractivity contribution in [3.8, 4) is 47.4 Å². The van der Waals surface area contributed by atoms with Crippen molar-refractivity contribution in [2.45, 2.75) is 79.1 Å². The molecule has 0 aliphatic heterocycles. The Balaban J connectivity index is 1.55. The number of hydrogen-bond donors (Lipinski definition) is 0. The molecule has 0 amide bonds. The molecule has 0 unspecified atom stereocenters. The van der Waals surface area contributed by atoms with Crippen LogP contribution in [0.15, 0.2) is 110 Å². The van der Waals surface area contributed by atoms with Crippen LogP contribution in [0.1, 0.15) is 124 Å². The van der Waals surface area contributed by atoms with Gasteiger partial charge in [0.05, 0.1) is 0 Å². The zero-order chi connectivity index (χ0) is 39.2. The van der Waals surface area contributed by atoms with Gasteiger partial charge in [-0.25, -0.2) is 0 Å². The molecule has 0 saturated heterocycles. The smallest absolute Gasteiger partial charge is 0.0419 e. The molecule has 0 aliphatic carbocycles. The van der Waals surface area contributed by atoms with Crippen molar-refractivity contribution >= 4 is 11.4 Å². The lowest BCUT2D eigenvalue weighted by molar-refractivity contribution is 0.678. The SMILES string of the molecule is CCCCN(CCCC)c1ccc(C#Cc2cc(C#Cc3ccncc3)c(C#Cc3ccc(N(CCCC)CCCC)cc3)cc2C#Cc2ccncc2)cc1. The van der Waals surface area contributed by atoms with E-state index in [4.69, 9.17) is 0 Å². The molecule has 0 N–H and O–H groups in total. The highest BCUT2D eigenvalue weighted by Crippen LogP contribution is 2.20. The normalized spacial score (nSPS) is 10.1. The second-order valence-corrected chi connectivity index (χ2v) is 13.9. The maximum Gasteiger partial charge on any atom is 0.0419 e. The van der Waals surface area contributed by atoms with E-state index in [1.54, 1.807) is 24.8 Å². The van der Waals surface area contributed by atoms with Crippen molar-refractivity contribution in [3.05, 3.63) is 154 Å². The Morgan fingerprint density at radius 3 is 0.893 bits per heavy atom. The average Bonchev–Trinajstić information content (AvgIpc) is 3.25. The molecule has 2 heterocycles. The summed E-state index contributed by atoms with van der Waals surface area (Å²) in [6, 6.07) is 29.0. The van der Waals surface area contributed by atoms with Crippen LogP contribution < -0.4 is 9.80 Å². The first-order chi connectivity index (χ1) is 27.6. The average molecular weight is 735 g/mol. The third-order valence-corrected chi connectivity index (χ3v) is 9.48. The van der Waals surface area contributed by atoms with Gasteiger partial charge in [0.15, 0.2) is 0 Å². The van der Waals surface area contributed by atoms with Gasteiger partial charge in [0.2, 0.25) is 0 Å². The number of unbranched alkanes of at least 4 members (excludes halogenated alkanes) is 4.